The van der Waals surface area contributed by atoms with E-state index in [0.29, 0.717) is 18.4 Å². The normalized spacial score (nSPS) is 11.3. The molecule has 0 aliphatic rings. The molecule has 1 aromatic rings. The van der Waals surface area contributed by atoms with Gasteiger partial charge in [0.1, 0.15) is 0 Å². The number of nitrogens with zero attached hydrogens (tertiary/aromatic N) is 1. The van der Waals surface area contributed by atoms with Crippen molar-refractivity contribution in [2.45, 2.75) is 26.7 Å². The average Bonchev–Trinajstić information content (AvgIpc) is 2.25. The number of benzene rings is 1. The minimum absolute atomic E-state index is 0.192. The second-order valence-electron chi connectivity index (χ2n) is 3.60. The molecule has 0 aromatic heterocycles. The van der Waals surface area contributed by atoms with Crippen LogP contribution in [0.1, 0.15) is 25.0 Å². The van der Waals surface area contributed by atoms with Crippen molar-refractivity contribution < 1.29 is 19.2 Å². The fraction of sp³-hybridized carbons (Fsp3) is 0.400. The number of aryl methyl sites for hydroxylation is 1. The van der Waals surface area contributed by atoms with Gasteiger partial charge in [0.2, 0.25) is 5.75 Å². The summed E-state index contributed by atoms with van der Waals surface area (Å²) < 4.78 is 4.73. The first-order valence-corrected chi connectivity index (χ1v) is 7.97. The van der Waals surface area contributed by atoms with E-state index in [1.54, 1.807) is 13.0 Å². The first kappa shape index (κ1) is 15.0. The SMILES string of the molecule is CCc1ccc(OP(O)(O)=S)c([N+](=O)[O-])c1CC. The molecule has 0 saturated carbocycles. The molecular formula is C10H14NO5PS. The number of rotatable bonds is 5. The van der Waals surface area contributed by atoms with Crippen molar-refractivity contribution in [3.63, 3.8) is 0 Å². The first-order chi connectivity index (χ1) is 8.30. The van der Waals surface area contributed by atoms with Gasteiger partial charge in [0.15, 0.2) is 0 Å². The Bertz CT molecular complexity index is 513. The van der Waals surface area contributed by atoms with E-state index in [0.717, 1.165) is 5.56 Å². The minimum atomic E-state index is -3.98. The van der Waals surface area contributed by atoms with Gasteiger partial charge in [-0.1, -0.05) is 19.9 Å². The summed E-state index contributed by atoms with van der Waals surface area (Å²) in [5, 5.41) is 11.1. The van der Waals surface area contributed by atoms with Gasteiger partial charge < -0.3 is 14.3 Å². The van der Waals surface area contributed by atoms with E-state index in [2.05, 4.69) is 11.8 Å². The van der Waals surface area contributed by atoms with Gasteiger partial charge in [-0.25, -0.2) is 0 Å². The van der Waals surface area contributed by atoms with Crippen LogP contribution in [0.2, 0.25) is 0 Å². The monoisotopic (exact) mass is 291 g/mol. The van der Waals surface area contributed by atoms with E-state index in [9.17, 15) is 10.1 Å². The number of nitro groups is 1. The predicted octanol–water partition coefficient (Wildman–Crippen LogP) is 2.31. The van der Waals surface area contributed by atoms with Crippen molar-refractivity contribution in [3.05, 3.63) is 33.4 Å². The van der Waals surface area contributed by atoms with Gasteiger partial charge in [0.05, 0.1) is 4.92 Å². The van der Waals surface area contributed by atoms with E-state index >= 15 is 0 Å². The maximum atomic E-state index is 11.1. The molecule has 0 spiro atoms. The van der Waals surface area contributed by atoms with Crippen LogP contribution >= 0.6 is 6.72 Å². The van der Waals surface area contributed by atoms with E-state index in [1.807, 2.05) is 6.92 Å². The second-order valence-corrected chi connectivity index (χ2v) is 6.19. The molecular weight excluding hydrogens is 277 g/mol. The lowest BCUT2D eigenvalue weighted by Gasteiger charge is -2.13. The van der Waals surface area contributed by atoms with Gasteiger partial charge in [-0.05, 0) is 24.5 Å². The van der Waals surface area contributed by atoms with Crippen LogP contribution < -0.4 is 4.52 Å². The fourth-order valence-electron chi connectivity index (χ4n) is 1.78. The van der Waals surface area contributed by atoms with E-state index < -0.39 is 11.6 Å². The molecule has 0 aliphatic heterocycles. The molecule has 0 aliphatic carbocycles. The van der Waals surface area contributed by atoms with E-state index in [1.165, 1.54) is 6.07 Å². The van der Waals surface area contributed by atoms with Gasteiger partial charge in [-0.3, -0.25) is 10.1 Å². The summed E-state index contributed by atoms with van der Waals surface area (Å²) in [5.74, 6) is -0.192. The van der Waals surface area contributed by atoms with Gasteiger partial charge in [0, 0.05) is 17.4 Å². The summed E-state index contributed by atoms with van der Waals surface area (Å²) in [6.45, 7) is -0.298. The van der Waals surface area contributed by atoms with Crippen LogP contribution in [0.25, 0.3) is 0 Å². The third kappa shape index (κ3) is 3.49. The zero-order chi connectivity index (χ0) is 13.9. The third-order valence-corrected chi connectivity index (χ3v) is 3.14. The highest BCUT2D eigenvalue weighted by molar-refractivity contribution is 8.06. The zero-order valence-electron chi connectivity index (χ0n) is 9.99. The Morgan fingerprint density at radius 3 is 2.39 bits per heavy atom. The quantitative estimate of drug-likeness (QED) is 0.491. The molecule has 0 saturated heterocycles. The molecule has 6 nitrogen and oxygen atoms in total. The van der Waals surface area contributed by atoms with Crippen LogP contribution in [0.4, 0.5) is 5.69 Å². The molecule has 0 amide bonds. The lowest BCUT2D eigenvalue weighted by Crippen LogP contribution is -2.03. The van der Waals surface area contributed by atoms with Gasteiger partial charge >= 0.3 is 12.4 Å². The van der Waals surface area contributed by atoms with Crippen LogP contribution in [-0.4, -0.2) is 14.7 Å². The summed E-state index contributed by atoms with van der Waals surface area (Å²) >= 11 is 4.33. The number of nitro benzene ring substituents is 1. The third-order valence-electron chi connectivity index (χ3n) is 2.48. The largest absolute Gasteiger partial charge is 0.417 e. The zero-order valence-corrected chi connectivity index (χ0v) is 11.7. The van der Waals surface area contributed by atoms with E-state index in [-0.39, 0.29) is 11.4 Å². The summed E-state index contributed by atoms with van der Waals surface area (Å²) in [6.07, 6.45) is 1.10. The van der Waals surface area contributed by atoms with Crippen molar-refractivity contribution in [1.29, 1.82) is 0 Å². The molecule has 0 atom stereocenters. The van der Waals surface area contributed by atoms with Crippen molar-refractivity contribution in [1.82, 2.24) is 0 Å². The molecule has 2 N–H and O–H groups in total. The maximum absolute atomic E-state index is 11.1. The molecule has 0 radical (unpaired) electrons. The van der Waals surface area contributed by atoms with Crippen LogP contribution in [0.5, 0.6) is 5.75 Å². The smallest absolute Gasteiger partial charge is 0.375 e. The Morgan fingerprint density at radius 2 is 2.00 bits per heavy atom. The van der Waals surface area contributed by atoms with Crippen LogP contribution in [0.3, 0.4) is 0 Å². The molecule has 0 unspecified atom stereocenters. The molecule has 0 bridgehead atoms. The Balaban J connectivity index is 3.44. The molecule has 100 valence electrons. The first-order valence-electron chi connectivity index (χ1n) is 5.34. The standard InChI is InChI=1S/C10H14NO5PS/c1-3-7-5-6-9(16-17(14,15)18)10(11(12)13)8(7)4-2/h5-6H,3-4H2,1-2H3,(H2,14,15,18). The van der Waals surface area contributed by atoms with Gasteiger partial charge in [-0.2, -0.15) is 0 Å². The Morgan fingerprint density at radius 1 is 1.39 bits per heavy atom. The molecule has 18 heavy (non-hydrogen) atoms. The summed E-state index contributed by atoms with van der Waals surface area (Å²) in [6, 6.07) is 3.02. The summed E-state index contributed by atoms with van der Waals surface area (Å²) in [5.41, 5.74) is 1.12. The highest BCUT2D eigenvalue weighted by atomic mass is 32.5. The summed E-state index contributed by atoms with van der Waals surface area (Å²) in [7, 11) is 0. The van der Waals surface area contributed by atoms with Gasteiger partial charge in [-0.15, -0.1) is 0 Å². The molecule has 0 fully saturated rings. The Labute approximate surface area is 110 Å². The number of hydrogen-bond donors (Lipinski definition) is 2. The molecule has 1 rings (SSSR count). The Hall–Kier alpha value is -1.01. The minimum Gasteiger partial charge on any atom is -0.417 e. The van der Waals surface area contributed by atoms with Crippen molar-refractivity contribution in [2.24, 2.45) is 0 Å². The molecule has 1 aromatic carbocycles. The lowest BCUT2D eigenvalue weighted by atomic mass is 10.0. The fourth-order valence-corrected chi connectivity index (χ4v) is 2.43. The van der Waals surface area contributed by atoms with E-state index in [4.69, 9.17) is 14.3 Å². The lowest BCUT2D eigenvalue weighted by molar-refractivity contribution is -0.386. The van der Waals surface area contributed by atoms with Crippen LogP contribution in [0, 0.1) is 10.1 Å². The highest BCUT2D eigenvalue weighted by Crippen LogP contribution is 2.44. The second kappa shape index (κ2) is 5.75. The average molecular weight is 291 g/mol. The van der Waals surface area contributed by atoms with Crippen molar-refractivity contribution in [2.75, 3.05) is 0 Å². The highest BCUT2D eigenvalue weighted by Gasteiger charge is 2.25. The van der Waals surface area contributed by atoms with Gasteiger partial charge in [0.25, 0.3) is 0 Å². The topological polar surface area (TPSA) is 92.8 Å². The summed E-state index contributed by atoms with van der Waals surface area (Å²) in [4.78, 5) is 28.7. The molecule has 0 heterocycles. The van der Waals surface area contributed by atoms with Crippen LogP contribution in [-0.2, 0) is 24.6 Å². The maximum Gasteiger partial charge on any atom is 0.375 e. The number of hydrogen-bond acceptors (Lipinski definition) is 4. The molecule has 8 heteroatoms. The Kier molecular flexibility index (Phi) is 4.81. The predicted molar refractivity (Wildman–Crippen MR) is 71.2 cm³/mol. The van der Waals surface area contributed by atoms with Crippen LogP contribution in [0.15, 0.2) is 12.1 Å². The van der Waals surface area contributed by atoms with Crippen molar-refractivity contribution in [3.8, 4) is 5.75 Å². The van der Waals surface area contributed by atoms with Crippen molar-refractivity contribution >= 4 is 24.2 Å².